The second-order valence-electron chi connectivity index (χ2n) is 6.73. The summed E-state index contributed by atoms with van der Waals surface area (Å²) < 4.78 is 15.4. The van der Waals surface area contributed by atoms with Gasteiger partial charge in [-0.05, 0) is 48.9 Å². The predicted octanol–water partition coefficient (Wildman–Crippen LogP) is 5.02. The largest absolute Gasteiger partial charge is 0.497 e. The Balaban J connectivity index is 1.95. The fourth-order valence-electron chi connectivity index (χ4n) is 3.03. The molecule has 0 atom stereocenters. The predicted molar refractivity (Wildman–Crippen MR) is 127 cm³/mol. The van der Waals surface area contributed by atoms with Crippen LogP contribution in [0.15, 0.2) is 42.5 Å². The molecule has 0 radical (unpaired) electrons. The third-order valence-corrected chi connectivity index (χ3v) is 6.19. The van der Waals surface area contributed by atoms with Crippen LogP contribution in [0.1, 0.15) is 36.0 Å². The molecule has 172 valence electrons. The molecule has 0 aliphatic rings. The van der Waals surface area contributed by atoms with Crippen molar-refractivity contribution in [3.8, 4) is 11.5 Å². The van der Waals surface area contributed by atoms with E-state index in [-0.39, 0.29) is 15.4 Å². The second kappa shape index (κ2) is 10.4. The highest BCUT2D eigenvalue weighted by molar-refractivity contribution is 7.19. The van der Waals surface area contributed by atoms with Gasteiger partial charge in [-0.15, -0.1) is 11.3 Å². The summed E-state index contributed by atoms with van der Waals surface area (Å²) in [6.45, 7) is 1.61. The molecule has 2 N–H and O–H groups in total. The van der Waals surface area contributed by atoms with E-state index in [0.29, 0.717) is 33.3 Å². The molecular weight excluding hydrogens is 468 g/mol. The van der Waals surface area contributed by atoms with E-state index in [4.69, 9.17) is 25.8 Å². The number of carbonyl (C=O) groups is 3. The topological polar surface area (TPSA) is 103 Å². The van der Waals surface area contributed by atoms with Crippen molar-refractivity contribution in [1.29, 1.82) is 0 Å². The molecule has 33 heavy (non-hydrogen) atoms. The number of methoxy groups -OCH3 is 3. The molecule has 0 saturated heterocycles. The maximum absolute atomic E-state index is 13.1. The van der Waals surface area contributed by atoms with Crippen molar-refractivity contribution in [1.82, 2.24) is 0 Å². The summed E-state index contributed by atoms with van der Waals surface area (Å²) in [6, 6.07) is 11.2. The number of hydrogen-bond donors (Lipinski definition) is 2. The molecule has 3 rings (SSSR count). The number of halogens is 1. The van der Waals surface area contributed by atoms with Crippen LogP contribution in [-0.2, 0) is 4.74 Å². The zero-order chi connectivity index (χ0) is 24.1. The van der Waals surface area contributed by atoms with Gasteiger partial charge in [0.15, 0.2) is 0 Å². The Morgan fingerprint density at radius 2 is 1.61 bits per heavy atom. The second-order valence-corrected chi connectivity index (χ2v) is 8.19. The molecule has 0 aliphatic carbocycles. The normalized spacial score (nSPS) is 10.3. The number of anilines is 2. The van der Waals surface area contributed by atoms with E-state index < -0.39 is 17.8 Å². The maximum Gasteiger partial charge on any atom is 0.341 e. The van der Waals surface area contributed by atoms with Gasteiger partial charge in [0.1, 0.15) is 16.5 Å². The average molecular weight is 489 g/mol. The Morgan fingerprint density at radius 1 is 0.909 bits per heavy atom. The number of benzene rings is 2. The molecule has 10 heteroatoms. The van der Waals surface area contributed by atoms with Gasteiger partial charge in [0.05, 0.1) is 37.5 Å². The summed E-state index contributed by atoms with van der Waals surface area (Å²) in [5.74, 6) is -0.656. The van der Waals surface area contributed by atoms with Gasteiger partial charge in [-0.3, -0.25) is 9.59 Å². The quantitative estimate of drug-likeness (QED) is 0.453. The van der Waals surface area contributed by atoms with Gasteiger partial charge < -0.3 is 24.8 Å². The van der Waals surface area contributed by atoms with Crippen LogP contribution in [0.25, 0.3) is 0 Å². The van der Waals surface area contributed by atoms with Crippen LogP contribution in [0, 0.1) is 6.92 Å². The van der Waals surface area contributed by atoms with E-state index in [1.807, 2.05) is 0 Å². The van der Waals surface area contributed by atoms with E-state index in [0.717, 1.165) is 11.3 Å². The number of amides is 2. The highest BCUT2D eigenvalue weighted by atomic mass is 35.5. The van der Waals surface area contributed by atoms with Crippen LogP contribution in [0.3, 0.4) is 0 Å². The Labute approximate surface area is 199 Å². The van der Waals surface area contributed by atoms with Gasteiger partial charge in [0, 0.05) is 16.7 Å². The lowest BCUT2D eigenvalue weighted by molar-refractivity contribution is 0.0601. The lowest BCUT2D eigenvalue weighted by atomic mass is 10.1. The molecule has 0 spiro atoms. The molecule has 1 heterocycles. The minimum atomic E-state index is -0.673. The van der Waals surface area contributed by atoms with Crippen LogP contribution in [0.2, 0.25) is 5.02 Å². The smallest absolute Gasteiger partial charge is 0.341 e. The zero-order valence-electron chi connectivity index (χ0n) is 18.3. The monoisotopic (exact) mass is 488 g/mol. The highest BCUT2D eigenvalue weighted by Gasteiger charge is 2.27. The molecule has 0 saturated carbocycles. The van der Waals surface area contributed by atoms with Crippen molar-refractivity contribution in [2.24, 2.45) is 0 Å². The van der Waals surface area contributed by atoms with Crippen LogP contribution in [0.5, 0.6) is 11.5 Å². The van der Waals surface area contributed by atoms with Crippen LogP contribution in [0.4, 0.5) is 10.7 Å². The van der Waals surface area contributed by atoms with E-state index in [1.165, 1.54) is 21.3 Å². The molecule has 0 aliphatic heterocycles. The SMILES string of the molecule is COC(=O)c1c(NC(=O)c2ccc(Cl)cc2)sc(C(=O)Nc2cc(OC)ccc2OC)c1C. The minimum absolute atomic E-state index is 0.104. The molecule has 2 aromatic carbocycles. The van der Waals surface area contributed by atoms with Gasteiger partial charge in [0.2, 0.25) is 0 Å². The van der Waals surface area contributed by atoms with E-state index in [2.05, 4.69) is 10.6 Å². The van der Waals surface area contributed by atoms with Crippen molar-refractivity contribution in [3.05, 3.63) is 69.1 Å². The van der Waals surface area contributed by atoms with Gasteiger partial charge in [-0.25, -0.2) is 4.79 Å². The number of rotatable bonds is 7. The minimum Gasteiger partial charge on any atom is -0.497 e. The van der Waals surface area contributed by atoms with Gasteiger partial charge >= 0.3 is 5.97 Å². The van der Waals surface area contributed by atoms with E-state index >= 15 is 0 Å². The molecule has 2 amide bonds. The van der Waals surface area contributed by atoms with Gasteiger partial charge in [-0.1, -0.05) is 11.6 Å². The number of carbonyl (C=O) groups excluding carboxylic acids is 3. The Bertz CT molecular complexity index is 1210. The first-order valence-electron chi connectivity index (χ1n) is 9.61. The summed E-state index contributed by atoms with van der Waals surface area (Å²) >= 11 is 6.84. The molecule has 0 bridgehead atoms. The molecule has 8 nitrogen and oxygen atoms in total. The summed E-state index contributed by atoms with van der Waals surface area (Å²) in [6.07, 6.45) is 0. The third-order valence-electron chi connectivity index (χ3n) is 4.73. The molecule has 1 aromatic heterocycles. The molecular formula is C23H21ClN2O6S. The van der Waals surface area contributed by atoms with Crippen molar-refractivity contribution in [2.75, 3.05) is 32.0 Å². The molecule has 3 aromatic rings. The molecule has 0 fully saturated rings. The van der Waals surface area contributed by atoms with Crippen molar-refractivity contribution in [2.45, 2.75) is 6.92 Å². The summed E-state index contributed by atoms with van der Waals surface area (Å²) in [5.41, 5.74) is 1.21. The number of esters is 1. The van der Waals surface area contributed by atoms with Crippen molar-refractivity contribution < 1.29 is 28.6 Å². The van der Waals surface area contributed by atoms with Gasteiger partial charge in [0.25, 0.3) is 11.8 Å². The first-order chi connectivity index (χ1) is 15.8. The fourth-order valence-corrected chi connectivity index (χ4v) is 4.24. The van der Waals surface area contributed by atoms with E-state index in [9.17, 15) is 14.4 Å². The van der Waals surface area contributed by atoms with Crippen molar-refractivity contribution in [3.63, 3.8) is 0 Å². The Hall–Kier alpha value is -3.56. The number of thiophene rings is 1. The lowest BCUT2D eigenvalue weighted by Crippen LogP contribution is -2.14. The Morgan fingerprint density at radius 3 is 2.21 bits per heavy atom. The zero-order valence-corrected chi connectivity index (χ0v) is 19.8. The first-order valence-corrected chi connectivity index (χ1v) is 10.8. The standard InChI is InChI=1S/C23H21ClN2O6S/c1-12-18(23(29)32-4)22(26-20(27)13-5-7-14(24)8-6-13)33-19(12)21(28)25-16-11-15(30-2)9-10-17(16)31-3/h5-11H,1-4H3,(H,25,28)(H,26,27). The third kappa shape index (κ3) is 5.27. The van der Waals surface area contributed by atoms with Crippen LogP contribution in [-0.4, -0.2) is 39.1 Å². The summed E-state index contributed by atoms with van der Waals surface area (Å²) in [7, 11) is 4.22. The fraction of sp³-hybridized carbons (Fsp3) is 0.174. The number of nitrogens with one attached hydrogen (secondary N) is 2. The maximum atomic E-state index is 13.1. The average Bonchev–Trinajstić information content (AvgIpc) is 3.14. The highest BCUT2D eigenvalue weighted by Crippen LogP contribution is 2.36. The van der Waals surface area contributed by atoms with Gasteiger partial charge in [-0.2, -0.15) is 0 Å². The number of ether oxygens (including phenoxy) is 3. The van der Waals surface area contributed by atoms with E-state index in [1.54, 1.807) is 49.4 Å². The first kappa shape index (κ1) is 24.1. The molecule has 0 unspecified atom stereocenters. The number of hydrogen-bond acceptors (Lipinski definition) is 7. The van der Waals surface area contributed by atoms with Crippen LogP contribution < -0.4 is 20.1 Å². The summed E-state index contributed by atoms with van der Waals surface area (Å²) in [4.78, 5) is 38.5. The van der Waals surface area contributed by atoms with Crippen molar-refractivity contribution >= 4 is 51.4 Å². The lowest BCUT2D eigenvalue weighted by Gasteiger charge is -2.11. The summed E-state index contributed by atoms with van der Waals surface area (Å²) in [5, 5.41) is 6.15. The van der Waals surface area contributed by atoms with Crippen LogP contribution >= 0.6 is 22.9 Å². The Kier molecular flexibility index (Phi) is 7.57.